The fourth-order valence-electron chi connectivity index (χ4n) is 0.543. The van der Waals surface area contributed by atoms with Crippen LogP contribution in [-0.2, 0) is 4.79 Å². The van der Waals surface area contributed by atoms with E-state index in [1.165, 1.54) is 0 Å². The Kier molecular flexibility index (Phi) is 3.96. The van der Waals surface area contributed by atoms with Gasteiger partial charge in [-0.1, -0.05) is 20.4 Å². The van der Waals surface area contributed by atoms with E-state index in [2.05, 4.69) is 11.9 Å². The van der Waals surface area contributed by atoms with Crippen molar-refractivity contribution in [1.29, 1.82) is 0 Å². The lowest BCUT2D eigenvalue weighted by Gasteiger charge is -2.22. The molecule has 0 saturated heterocycles. The van der Waals surface area contributed by atoms with Crippen LogP contribution in [0.3, 0.4) is 0 Å². The Labute approximate surface area is 74.0 Å². The lowest BCUT2D eigenvalue weighted by Crippen LogP contribution is -2.38. The summed E-state index contributed by atoms with van der Waals surface area (Å²) in [5, 5.41) is 2.75. The van der Waals surface area contributed by atoms with Crippen molar-refractivity contribution >= 4 is 5.91 Å². The summed E-state index contributed by atoms with van der Waals surface area (Å²) in [4.78, 5) is 11.1. The smallest absolute Gasteiger partial charge is 0.246 e. The Morgan fingerprint density at radius 2 is 2.08 bits per heavy atom. The van der Waals surface area contributed by atoms with Gasteiger partial charge >= 0.3 is 0 Å². The predicted molar refractivity (Wildman–Crippen MR) is 50.7 cm³/mol. The topological polar surface area (TPSA) is 55.1 Å². The molecule has 3 heteroatoms. The molecule has 0 atom stereocenters. The number of rotatable bonds is 4. The average molecular weight is 170 g/mol. The van der Waals surface area contributed by atoms with Crippen LogP contribution in [0, 0.1) is 5.41 Å². The van der Waals surface area contributed by atoms with Crippen LogP contribution in [0.4, 0.5) is 0 Å². The number of carbonyl (C=O) groups is 1. The molecule has 0 spiro atoms. The van der Waals surface area contributed by atoms with Gasteiger partial charge in [-0.15, -0.1) is 0 Å². The van der Waals surface area contributed by atoms with Gasteiger partial charge < -0.3 is 11.1 Å². The van der Waals surface area contributed by atoms with Gasteiger partial charge in [-0.3, -0.25) is 4.79 Å². The van der Waals surface area contributed by atoms with E-state index in [9.17, 15) is 4.79 Å². The molecule has 0 aliphatic rings. The molecular formula is C9H18N2O. The predicted octanol–water partition coefficient (Wildman–Crippen LogP) is 0.664. The summed E-state index contributed by atoms with van der Waals surface area (Å²) < 4.78 is 0. The second-order valence-electron chi connectivity index (χ2n) is 3.83. The first kappa shape index (κ1) is 11.2. The van der Waals surface area contributed by atoms with E-state index < -0.39 is 0 Å². The van der Waals surface area contributed by atoms with Crippen molar-refractivity contribution in [3.05, 3.63) is 12.2 Å². The zero-order valence-electron chi connectivity index (χ0n) is 8.11. The molecule has 0 unspecified atom stereocenters. The number of hydrogen-bond donors (Lipinski definition) is 2. The van der Waals surface area contributed by atoms with Gasteiger partial charge in [0.05, 0.1) is 0 Å². The molecule has 0 aliphatic heterocycles. The van der Waals surface area contributed by atoms with E-state index in [0.29, 0.717) is 18.7 Å². The second kappa shape index (κ2) is 4.26. The van der Waals surface area contributed by atoms with E-state index in [1.54, 1.807) is 6.92 Å². The molecule has 0 saturated carbocycles. The Morgan fingerprint density at radius 1 is 1.58 bits per heavy atom. The van der Waals surface area contributed by atoms with Gasteiger partial charge in [-0.2, -0.15) is 0 Å². The molecule has 70 valence electrons. The number of carbonyl (C=O) groups excluding carboxylic acids is 1. The van der Waals surface area contributed by atoms with Crippen LogP contribution in [0.1, 0.15) is 20.8 Å². The summed E-state index contributed by atoms with van der Waals surface area (Å²) in [6.45, 7) is 10.4. The van der Waals surface area contributed by atoms with E-state index in [-0.39, 0.29) is 11.3 Å². The third kappa shape index (κ3) is 4.13. The van der Waals surface area contributed by atoms with Crippen LogP contribution in [0.5, 0.6) is 0 Å². The fourth-order valence-corrected chi connectivity index (χ4v) is 0.543. The first-order valence-corrected chi connectivity index (χ1v) is 4.03. The lowest BCUT2D eigenvalue weighted by atomic mass is 9.94. The third-order valence-corrected chi connectivity index (χ3v) is 1.67. The monoisotopic (exact) mass is 170 g/mol. The first-order chi connectivity index (χ1) is 5.39. The van der Waals surface area contributed by atoms with E-state index in [1.807, 2.05) is 13.8 Å². The van der Waals surface area contributed by atoms with Crippen molar-refractivity contribution in [1.82, 2.24) is 5.32 Å². The Hall–Kier alpha value is -0.830. The van der Waals surface area contributed by atoms with Gasteiger partial charge in [0.15, 0.2) is 0 Å². The standard InChI is InChI=1S/C9H18N2O/c1-7(2)8(12)11-6-9(3,4)5-10/h1,5-6,10H2,2-4H3,(H,11,12). The minimum Gasteiger partial charge on any atom is -0.352 e. The quantitative estimate of drug-likeness (QED) is 0.609. The van der Waals surface area contributed by atoms with Crippen molar-refractivity contribution in [2.24, 2.45) is 11.1 Å². The molecule has 0 radical (unpaired) electrons. The van der Waals surface area contributed by atoms with Crippen molar-refractivity contribution in [3.8, 4) is 0 Å². The highest BCUT2D eigenvalue weighted by atomic mass is 16.1. The Morgan fingerprint density at radius 3 is 2.42 bits per heavy atom. The van der Waals surface area contributed by atoms with Crippen molar-refractivity contribution < 1.29 is 4.79 Å². The summed E-state index contributed by atoms with van der Waals surface area (Å²) in [6.07, 6.45) is 0. The summed E-state index contributed by atoms with van der Waals surface area (Å²) in [7, 11) is 0. The number of nitrogens with one attached hydrogen (secondary N) is 1. The minimum atomic E-state index is -0.100. The highest BCUT2D eigenvalue weighted by Crippen LogP contribution is 2.09. The van der Waals surface area contributed by atoms with Crippen molar-refractivity contribution in [2.45, 2.75) is 20.8 Å². The van der Waals surface area contributed by atoms with Gasteiger partial charge in [0.2, 0.25) is 5.91 Å². The number of hydrogen-bond acceptors (Lipinski definition) is 2. The molecule has 0 aromatic rings. The van der Waals surface area contributed by atoms with Gasteiger partial charge in [-0.25, -0.2) is 0 Å². The normalized spacial score (nSPS) is 11.0. The van der Waals surface area contributed by atoms with Gasteiger partial charge in [0, 0.05) is 12.1 Å². The molecule has 0 heterocycles. The molecule has 12 heavy (non-hydrogen) atoms. The Balaban J connectivity index is 3.83. The van der Waals surface area contributed by atoms with Crippen LogP contribution in [-0.4, -0.2) is 19.0 Å². The number of nitrogens with two attached hydrogens (primary N) is 1. The summed E-state index contributed by atoms with van der Waals surface area (Å²) in [5.74, 6) is -0.100. The molecule has 3 N–H and O–H groups in total. The molecule has 0 bridgehead atoms. The number of amides is 1. The molecule has 0 aromatic heterocycles. The molecule has 0 fully saturated rings. The van der Waals surface area contributed by atoms with Gasteiger partial charge in [-0.05, 0) is 18.9 Å². The first-order valence-electron chi connectivity index (χ1n) is 4.03. The zero-order chi connectivity index (χ0) is 9.78. The Bertz CT molecular complexity index is 185. The fraction of sp³-hybridized carbons (Fsp3) is 0.667. The maximum absolute atomic E-state index is 11.1. The lowest BCUT2D eigenvalue weighted by molar-refractivity contribution is -0.117. The summed E-state index contributed by atoms with van der Waals surface area (Å²) in [5.41, 5.74) is 5.99. The minimum absolute atomic E-state index is 0.0366. The molecular weight excluding hydrogens is 152 g/mol. The van der Waals surface area contributed by atoms with Gasteiger partial charge in [0.25, 0.3) is 0 Å². The second-order valence-corrected chi connectivity index (χ2v) is 3.83. The molecule has 0 aliphatic carbocycles. The zero-order valence-corrected chi connectivity index (χ0v) is 8.11. The highest BCUT2D eigenvalue weighted by molar-refractivity contribution is 5.92. The molecule has 1 amide bonds. The van der Waals surface area contributed by atoms with Crippen LogP contribution >= 0.6 is 0 Å². The SMILES string of the molecule is C=C(C)C(=O)NCC(C)(C)CN. The average Bonchev–Trinajstić information content (AvgIpc) is 2.00. The van der Waals surface area contributed by atoms with E-state index >= 15 is 0 Å². The van der Waals surface area contributed by atoms with E-state index in [0.717, 1.165) is 0 Å². The van der Waals surface area contributed by atoms with Crippen LogP contribution in [0.25, 0.3) is 0 Å². The van der Waals surface area contributed by atoms with Crippen LogP contribution < -0.4 is 11.1 Å². The highest BCUT2D eigenvalue weighted by Gasteiger charge is 2.16. The van der Waals surface area contributed by atoms with Crippen LogP contribution in [0.2, 0.25) is 0 Å². The van der Waals surface area contributed by atoms with E-state index in [4.69, 9.17) is 5.73 Å². The molecule has 0 aromatic carbocycles. The maximum Gasteiger partial charge on any atom is 0.246 e. The summed E-state index contributed by atoms with van der Waals surface area (Å²) >= 11 is 0. The molecule has 0 rings (SSSR count). The summed E-state index contributed by atoms with van der Waals surface area (Å²) in [6, 6.07) is 0. The van der Waals surface area contributed by atoms with Crippen molar-refractivity contribution in [2.75, 3.05) is 13.1 Å². The largest absolute Gasteiger partial charge is 0.352 e. The molecule has 3 nitrogen and oxygen atoms in total. The van der Waals surface area contributed by atoms with Gasteiger partial charge in [0.1, 0.15) is 0 Å². The third-order valence-electron chi connectivity index (χ3n) is 1.67. The van der Waals surface area contributed by atoms with Crippen LogP contribution in [0.15, 0.2) is 12.2 Å². The van der Waals surface area contributed by atoms with Crippen molar-refractivity contribution in [3.63, 3.8) is 0 Å². The maximum atomic E-state index is 11.1.